The molecule has 1 aromatic carbocycles. The number of carboxylic acids is 1. The van der Waals surface area contributed by atoms with Crippen molar-refractivity contribution in [3.8, 4) is 0 Å². The maximum atomic E-state index is 12.9. The van der Waals surface area contributed by atoms with E-state index in [1.807, 2.05) is 25.1 Å². The van der Waals surface area contributed by atoms with E-state index in [1.54, 1.807) is 0 Å². The summed E-state index contributed by atoms with van der Waals surface area (Å²) in [5, 5.41) is 10.6. The van der Waals surface area contributed by atoms with Crippen molar-refractivity contribution in [2.75, 3.05) is 0 Å². The SMILES string of the molecule is CCC1=C[C@@H](C)[C@@H]2C(C)=C[C@@](C=C(C)C=Cc3ccccc3)(CC)[C@](C)(C(=O)O)[C@@H]12. The van der Waals surface area contributed by atoms with Crippen LogP contribution in [0.5, 0.6) is 0 Å². The van der Waals surface area contributed by atoms with Crippen LogP contribution in [0.1, 0.15) is 59.9 Å². The number of fused-ring (bicyclic) bond motifs is 1. The van der Waals surface area contributed by atoms with Crippen LogP contribution in [0, 0.1) is 28.6 Å². The van der Waals surface area contributed by atoms with Crippen molar-refractivity contribution >= 4 is 12.0 Å². The van der Waals surface area contributed by atoms with E-state index in [0.29, 0.717) is 5.92 Å². The molecule has 1 aromatic rings. The normalized spacial score (nSPS) is 33.9. The zero-order valence-corrected chi connectivity index (χ0v) is 19.3. The molecule has 0 saturated heterocycles. The van der Waals surface area contributed by atoms with Gasteiger partial charge in [0.25, 0.3) is 0 Å². The van der Waals surface area contributed by atoms with Gasteiger partial charge in [-0.3, -0.25) is 4.79 Å². The third-order valence-corrected chi connectivity index (χ3v) is 7.66. The molecule has 1 N–H and O–H groups in total. The van der Waals surface area contributed by atoms with Crippen LogP contribution in [0.3, 0.4) is 0 Å². The first-order valence-corrected chi connectivity index (χ1v) is 11.3. The molecule has 0 aliphatic heterocycles. The summed E-state index contributed by atoms with van der Waals surface area (Å²) < 4.78 is 0. The zero-order chi connectivity index (χ0) is 22.1. The van der Waals surface area contributed by atoms with Crippen molar-refractivity contribution in [2.24, 2.45) is 28.6 Å². The van der Waals surface area contributed by atoms with Gasteiger partial charge in [-0.15, -0.1) is 0 Å². The van der Waals surface area contributed by atoms with Gasteiger partial charge in [0.1, 0.15) is 0 Å². The second-order valence-electron chi connectivity index (χ2n) is 9.38. The van der Waals surface area contributed by atoms with E-state index in [-0.39, 0.29) is 11.8 Å². The minimum atomic E-state index is -0.875. The van der Waals surface area contributed by atoms with Crippen molar-refractivity contribution in [3.05, 3.63) is 76.9 Å². The fourth-order valence-electron chi connectivity index (χ4n) is 6.11. The van der Waals surface area contributed by atoms with Crippen molar-refractivity contribution in [1.29, 1.82) is 0 Å². The summed E-state index contributed by atoms with van der Waals surface area (Å²) in [6.45, 7) is 12.8. The summed E-state index contributed by atoms with van der Waals surface area (Å²) in [7, 11) is 0. The average Bonchev–Trinajstić information content (AvgIpc) is 3.08. The number of hydrogen-bond donors (Lipinski definition) is 1. The van der Waals surface area contributed by atoms with Gasteiger partial charge in [0.05, 0.1) is 5.41 Å². The van der Waals surface area contributed by atoms with Gasteiger partial charge >= 0.3 is 5.97 Å². The van der Waals surface area contributed by atoms with Gasteiger partial charge in [0, 0.05) is 11.3 Å². The lowest BCUT2D eigenvalue weighted by Gasteiger charge is -2.53. The standard InChI is InChI=1S/C28H36O2/c1-7-23-16-20(4)24-21(5)18-28(8-2,27(6,25(23)24)26(29)30)17-19(3)14-15-22-12-10-9-11-13-22/h9-18,20,24-25H,7-8H2,1-6H3,(H,29,30)/t20-,24-,25+,27+,28+/m1/s1. The highest BCUT2D eigenvalue weighted by atomic mass is 16.4. The molecule has 0 heterocycles. The third-order valence-electron chi connectivity index (χ3n) is 7.66. The van der Waals surface area contributed by atoms with Crippen LogP contribution in [-0.4, -0.2) is 11.1 Å². The van der Waals surface area contributed by atoms with E-state index in [2.05, 4.69) is 77.1 Å². The molecular formula is C28H36O2. The first-order chi connectivity index (χ1) is 14.2. The smallest absolute Gasteiger partial charge is 0.311 e. The molecule has 0 aromatic heterocycles. The van der Waals surface area contributed by atoms with Crippen molar-refractivity contribution in [3.63, 3.8) is 0 Å². The zero-order valence-electron chi connectivity index (χ0n) is 19.3. The van der Waals surface area contributed by atoms with Crippen LogP contribution >= 0.6 is 0 Å². The third kappa shape index (κ3) is 3.51. The van der Waals surface area contributed by atoms with Crippen molar-refractivity contribution < 1.29 is 9.90 Å². The fourth-order valence-corrected chi connectivity index (χ4v) is 6.11. The minimum absolute atomic E-state index is 0.0436. The second kappa shape index (κ2) is 8.41. The van der Waals surface area contributed by atoms with Crippen LogP contribution < -0.4 is 0 Å². The molecule has 0 amide bonds. The van der Waals surface area contributed by atoms with Crippen LogP contribution in [0.15, 0.2) is 71.4 Å². The Labute approximate surface area is 182 Å². The first-order valence-electron chi connectivity index (χ1n) is 11.3. The Kier molecular flexibility index (Phi) is 6.26. The molecule has 0 saturated carbocycles. The van der Waals surface area contributed by atoms with Crippen LogP contribution in [-0.2, 0) is 4.79 Å². The summed E-state index contributed by atoms with van der Waals surface area (Å²) in [4.78, 5) is 12.9. The van der Waals surface area contributed by atoms with E-state index in [0.717, 1.165) is 24.0 Å². The summed E-state index contributed by atoms with van der Waals surface area (Å²) in [5.41, 5.74) is 3.50. The molecule has 30 heavy (non-hydrogen) atoms. The highest BCUT2D eigenvalue weighted by molar-refractivity contribution is 5.79. The molecule has 0 spiro atoms. The summed E-state index contributed by atoms with van der Waals surface area (Å²) in [6.07, 6.45) is 12.7. The van der Waals surface area contributed by atoms with Crippen molar-refractivity contribution in [2.45, 2.75) is 54.4 Å². The lowest BCUT2D eigenvalue weighted by Crippen LogP contribution is -2.54. The second-order valence-corrected chi connectivity index (χ2v) is 9.38. The van der Waals surface area contributed by atoms with Crippen LogP contribution in [0.4, 0.5) is 0 Å². The van der Waals surface area contributed by atoms with E-state index in [4.69, 9.17) is 0 Å². The summed E-state index contributed by atoms with van der Waals surface area (Å²) >= 11 is 0. The number of carbonyl (C=O) groups is 1. The Morgan fingerprint density at radius 3 is 2.43 bits per heavy atom. The van der Waals surface area contributed by atoms with E-state index < -0.39 is 16.8 Å². The molecule has 2 aliphatic carbocycles. The topological polar surface area (TPSA) is 37.3 Å². The van der Waals surface area contributed by atoms with Gasteiger partial charge in [-0.2, -0.15) is 0 Å². The lowest BCUT2D eigenvalue weighted by atomic mass is 9.48. The summed E-state index contributed by atoms with van der Waals surface area (Å²) in [6, 6.07) is 10.2. The molecule has 5 atom stereocenters. The Balaban J connectivity index is 2.13. The van der Waals surface area contributed by atoms with Gasteiger partial charge in [0.15, 0.2) is 0 Å². The maximum Gasteiger partial charge on any atom is 0.311 e. The van der Waals surface area contributed by atoms with Gasteiger partial charge in [-0.25, -0.2) is 0 Å². The fraction of sp³-hybridized carbons (Fsp3) is 0.464. The first kappa shape index (κ1) is 22.3. The molecular weight excluding hydrogens is 368 g/mol. The molecule has 3 rings (SSSR count). The van der Waals surface area contributed by atoms with E-state index in [1.165, 1.54) is 11.1 Å². The molecule has 160 valence electrons. The van der Waals surface area contributed by atoms with E-state index in [9.17, 15) is 9.90 Å². The number of allylic oxidation sites excluding steroid dienone is 7. The molecule has 0 fully saturated rings. The number of aliphatic carboxylic acids is 1. The summed E-state index contributed by atoms with van der Waals surface area (Å²) in [5.74, 6) is 0.0295. The molecule has 2 aliphatic rings. The van der Waals surface area contributed by atoms with Gasteiger partial charge in [-0.1, -0.05) is 98.2 Å². The number of carboxylic acid groups (broad SMARTS) is 1. The maximum absolute atomic E-state index is 12.9. The number of benzene rings is 1. The number of hydrogen-bond acceptors (Lipinski definition) is 1. The number of rotatable bonds is 6. The molecule has 0 radical (unpaired) electrons. The predicted octanol–water partition coefficient (Wildman–Crippen LogP) is 7.31. The van der Waals surface area contributed by atoms with Crippen LogP contribution in [0.25, 0.3) is 6.08 Å². The Morgan fingerprint density at radius 2 is 1.87 bits per heavy atom. The molecule has 2 nitrogen and oxygen atoms in total. The van der Waals surface area contributed by atoms with Crippen LogP contribution in [0.2, 0.25) is 0 Å². The Bertz CT molecular complexity index is 917. The minimum Gasteiger partial charge on any atom is -0.481 e. The Morgan fingerprint density at radius 1 is 1.20 bits per heavy atom. The van der Waals surface area contributed by atoms with Crippen molar-refractivity contribution in [1.82, 2.24) is 0 Å². The predicted molar refractivity (Wildman–Crippen MR) is 126 cm³/mol. The van der Waals surface area contributed by atoms with Gasteiger partial charge in [0.2, 0.25) is 0 Å². The molecule has 0 unspecified atom stereocenters. The largest absolute Gasteiger partial charge is 0.481 e. The lowest BCUT2D eigenvalue weighted by molar-refractivity contribution is -0.159. The highest BCUT2D eigenvalue weighted by Gasteiger charge is 2.62. The average molecular weight is 405 g/mol. The Hall–Kier alpha value is -2.35. The highest BCUT2D eigenvalue weighted by Crippen LogP contribution is 2.63. The monoisotopic (exact) mass is 404 g/mol. The van der Waals surface area contributed by atoms with Gasteiger partial charge < -0.3 is 5.11 Å². The quantitative estimate of drug-likeness (QED) is 0.398. The molecule has 0 bridgehead atoms. The van der Waals surface area contributed by atoms with Gasteiger partial charge in [-0.05, 0) is 51.0 Å². The molecule has 2 heteroatoms. The van der Waals surface area contributed by atoms with E-state index >= 15 is 0 Å².